The number of hydrogen-bond acceptors (Lipinski definition) is 3. The van der Waals surface area contributed by atoms with Gasteiger partial charge in [-0.3, -0.25) is 4.79 Å². The van der Waals surface area contributed by atoms with Gasteiger partial charge in [0.05, 0.1) is 5.69 Å². The van der Waals surface area contributed by atoms with E-state index in [0.717, 1.165) is 43.0 Å². The van der Waals surface area contributed by atoms with Crippen LogP contribution in [0, 0.1) is 19.8 Å². The van der Waals surface area contributed by atoms with Gasteiger partial charge < -0.3 is 14.8 Å². The lowest BCUT2D eigenvalue weighted by Crippen LogP contribution is -2.41. The normalized spacial score (nSPS) is 14.8. The number of hydrogen-bond donors (Lipinski definition) is 1. The molecule has 0 saturated carbocycles. The van der Waals surface area contributed by atoms with Crippen molar-refractivity contribution in [2.75, 3.05) is 18.0 Å². The topological polar surface area (TPSA) is 50.2 Å². The number of nitrogens with zero attached hydrogens (tertiary/aromatic N) is 3. The van der Waals surface area contributed by atoms with Gasteiger partial charge in [-0.25, -0.2) is 4.98 Å². The summed E-state index contributed by atoms with van der Waals surface area (Å²) in [7, 11) is 0. The Hall–Kier alpha value is -3.08. The average molecular weight is 389 g/mol. The zero-order valence-corrected chi connectivity index (χ0v) is 17.1. The molecule has 1 aromatic carbocycles. The second kappa shape index (κ2) is 8.52. The van der Waals surface area contributed by atoms with Gasteiger partial charge in [-0.1, -0.05) is 30.3 Å². The summed E-state index contributed by atoms with van der Waals surface area (Å²) in [6.45, 7) is 6.51. The van der Waals surface area contributed by atoms with Gasteiger partial charge in [-0.2, -0.15) is 0 Å². The summed E-state index contributed by atoms with van der Waals surface area (Å²) in [6.07, 6.45) is 3.55. The van der Waals surface area contributed by atoms with E-state index in [9.17, 15) is 4.79 Å². The molecule has 1 aliphatic heterocycles. The maximum atomic E-state index is 12.6. The van der Waals surface area contributed by atoms with E-state index in [4.69, 9.17) is 4.98 Å². The predicted octanol–water partition coefficient (Wildman–Crippen LogP) is 4.02. The highest BCUT2D eigenvalue weighted by Crippen LogP contribution is 2.29. The van der Waals surface area contributed by atoms with Gasteiger partial charge in [-0.05, 0) is 56.5 Å². The Bertz CT molecular complexity index is 952. The highest BCUT2D eigenvalue weighted by atomic mass is 16.1. The molecule has 1 fully saturated rings. The Balaban J connectivity index is 1.41. The molecule has 1 aliphatic rings. The highest BCUT2D eigenvalue weighted by Gasteiger charge is 2.27. The molecule has 29 heavy (non-hydrogen) atoms. The fourth-order valence-electron chi connectivity index (χ4n) is 4.14. The fraction of sp³-hybridized carbons (Fsp3) is 0.333. The number of nitrogens with one attached hydrogen (secondary N) is 1. The van der Waals surface area contributed by atoms with Crippen molar-refractivity contribution in [3.8, 4) is 5.69 Å². The number of pyridine rings is 1. The third kappa shape index (κ3) is 4.19. The third-order valence-electron chi connectivity index (χ3n) is 5.75. The summed E-state index contributed by atoms with van der Waals surface area (Å²) in [6, 6.07) is 18.4. The molecule has 0 aliphatic carbocycles. The molecule has 3 aromatic rings. The maximum Gasteiger partial charge on any atom is 0.223 e. The SMILES string of the molecule is Cc1ccc(C)n1-c1cccnc1N1CCC(C(=O)NCc2ccccc2)CC1. The van der Waals surface area contributed by atoms with Gasteiger partial charge in [0.1, 0.15) is 0 Å². The van der Waals surface area contributed by atoms with Crippen LogP contribution < -0.4 is 10.2 Å². The van der Waals surface area contributed by atoms with Gasteiger partial charge in [0, 0.05) is 43.1 Å². The molecule has 0 spiro atoms. The monoisotopic (exact) mass is 388 g/mol. The van der Waals surface area contributed by atoms with Gasteiger partial charge in [-0.15, -0.1) is 0 Å². The summed E-state index contributed by atoms with van der Waals surface area (Å²) >= 11 is 0. The third-order valence-corrected chi connectivity index (χ3v) is 5.75. The van der Waals surface area contributed by atoms with E-state index in [1.54, 1.807) is 0 Å². The highest BCUT2D eigenvalue weighted by molar-refractivity contribution is 5.79. The lowest BCUT2D eigenvalue weighted by atomic mass is 9.95. The van der Waals surface area contributed by atoms with Crippen molar-refractivity contribution < 1.29 is 4.79 Å². The van der Waals surface area contributed by atoms with Gasteiger partial charge in [0.15, 0.2) is 5.82 Å². The van der Waals surface area contributed by atoms with Crippen LogP contribution in [0.4, 0.5) is 5.82 Å². The van der Waals surface area contributed by atoms with Crippen LogP contribution in [-0.2, 0) is 11.3 Å². The number of piperidine rings is 1. The maximum absolute atomic E-state index is 12.6. The van der Waals surface area contributed by atoms with E-state index in [-0.39, 0.29) is 11.8 Å². The van der Waals surface area contributed by atoms with Crippen LogP contribution in [0.25, 0.3) is 5.69 Å². The van der Waals surface area contributed by atoms with Crippen molar-refractivity contribution in [2.24, 2.45) is 5.92 Å². The first-order valence-electron chi connectivity index (χ1n) is 10.3. The van der Waals surface area contributed by atoms with Crippen LogP contribution in [0.2, 0.25) is 0 Å². The standard InChI is InChI=1S/C24H28N4O/c1-18-10-11-19(2)28(18)22-9-6-14-25-23(22)27-15-12-21(13-16-27)24(29)26-17-20-7-4-3-5-8-20/h3-11,14,21H,12-13,15-17H2,1-2H3,(H,26,29). The number of carbonyl (C=O) groups excluding carboxylic acids is 1. The molecule has 3 heterocycles. The number of aryl methyl sites for hydroxylation is 2. The molecule has 2 aromatic heterocycles. The Morgan fingerprint density at radius 3 is 2.38 bits per heavy atom. The Morgan fingerprint density at radius 2 is 1.69 bits per heavy atom. The number of amides is 1. The van der Waals surface area contributed by atoms with Crippen LogP contribution in [0.5, 0.6) is 0 Å². The van der Waals surface area contributed by atoms with Crippen molar-refractivity contribution in [3.63, 3.8) is 0 Å². The Morgan fingerprint density at radius 1 is 1.00 bits per heavy atom. The number of rotatable bonds is 5. The lowest BCUT2D eigenvalue weighted by molar-refractivity contribution is -0.125. The summed E-state index contributed by atoms with van der Waals surface area (Å²) < 4.78 is 2.25. The number of benzene rings is 1. The first kappa shape index (κ1) is 19.2. The first-order valence-corrected chi connectivity index (χ1v) is 10.3. The zero-order valence-electron chi connectivity index (χ0n) is 17.1. The molecule has 0 atom stereocenters. The minimum atomic E-state index is 0.0668. The quantitative estimate of drug-likeness (QED) is 0.718. The Labute approximate surface area is 172 Å². The molecule has 0 unspecified atom stereocenters. The van der Waals surface area contributed by atoms with Crippen LogP contribution in [-0.4, -0.2) is 28.5 Å². The van der Waals surface area contributed by atoms with Crippen LogP contribution in [0.15, 0.2) is 60.8 Å². The second-order valence-corrected chi connectivity index (χ2v) is 7.76. The van der Waals surface area contributed by atoms with Gasteiger partial charge in [0.25, 0.3) is 0 Å². The minimum absolute atomic E-state index is 0.0668. The summed E-state index contributed by atoms with van der Waals surface area (Å²) in [4.78, 5) is 19.6. The van der Waals surface area contributed by atoms with E-state index in [1.807, 2.05) is 42.6 Å². The van der Waals surface area contributed by atoms with E-state index < -0.39 is 0 Å². The molecular formula is C24H28N4O. The van der Waals surface area contributed by atoms with Crippen molar-refractivity contribution >= 4 is 11.7 Å². The van der Waals surface area contributed by atoms with Crippen molar-refractivity contribution in [1.29, 1.82) is 0 Å². The van der Waals surface area contributed by atoms with Gasteiger partial charge >= 0.3 is 0 Å². The summed E-state index contributed by atoms with van der Waals surface area (Å²) in [5.41, 5.74) is 4.65. The molecule has 5 nitrogen and oxygen atoms in total. The summed E-state index contributed by atoms with van der Waals surface area (Å²) in [5.74, 6) is 1.22. The lowest BCUT2D eigenvalue weighted by Gasteiger charge is -2.33. The second-order valence-electron chi connectivity index (χ2n) is 7.76. The first-order chi connectivity index (χ1) is 14.1. The minimum Gasteiger partial charge on any atom is -0.355 e. The smallest absolute Gasteiger partial charge is 0.223 e. The van der Waals surface area contributed by atoms with Crippen molar-refractivity contribution in [2.45, 2.75) is 33.2 Å². The zero-order chi connectivity index (χ0) is 20.2. The number of aromatic nitrogens is 2. The van der Waals surface area contributed by atoms with Gasteiger partial charge in [0.2, 0.25) is 5.91 Å². The van der Waals surface area contributed by atoms with Crippen molar-refractivity contribution in [1.82, 2.24) is 14.9 Å². The number of anilines is 1. The average Bonchev–Trinajstić information content (AvgIpc) is 3.11. The molecule has 150 valence electrons. The molecule has 1 amide bonds. The number of carbonyl (C=O) groups is 1. The van der Waals surface area contributed by atoms with Crippen LogP contribution in [0.3, 0.4) is 0 Å². The van der Waals surface area contributed by atoms with E-state index in [2.05, 4.69) is 46.8 Å². The summed E-state index contributed by atoms with van der Waals surface area (Å²) in [5, 5.41) is 3.09. The van der Waals surface area contributed by atoms with E-state index >= 15 is 0 Å². The molecule has 5 heteroatoms. The molecule has 1 saturated heterocycles. The molecule has 1 N–H and O–H groups in total. The largest absolute Gasteiger partial charge is 0.355 e. The fourth-order valence-corrected chi connectivity index (χ4v) is 4.14. The molecular weight excluding hydrogens is 360 g/mol. The Kier molecular flexibility index (Phi) is 5.65. The van der Waals surface area contributed by atoms with Crippen LogP contribution >= 0.6 is 0 Å². The van der Waals surface area contributed by atoms with Crippen LogP contribution in [0.1, 0.15) is 29.8 Å². The predicted molar refractivity (Wildman–Crippen MR) is 116 cm³/mol. The molecule has 4 rings (SSSR count). The van der Waals surface area contributed by atoms with Crippen molar-refractivity contribution in [3.05, 3.63) is 77.7 Å². The molecule has 0 radical (unpaired) electrons. The van der Waals surface area contributed by atoms with E-state index in [0.29, 0.717) is 6.54 Å². The molecule has 0 bridgehead atoms. The van der Waals surface area contributed by atoms with E-state index in [1.165, 1.54) is 11.4 Å².